The van der Waals surface area contributed by atoms with Gasteiger partial charge in [0.1, 0.15) is 0 Å². The molecule has 1 aromatic carbocycles. The molecular formula is C24H32F2. The topological polar surface area (TPSA) is 0 Å². The van der Waals surface area contributed by atoms with Gasteiger partial charge in [-0.15, -0.1) is 6.58 Å². The number of hydrogen-bond donors (Lipinski definition) is 0. The van der Waals surface area contributed by atoms with E-state index in [0.29, 0.717) is 5.92 Å². The Bertz CT molecular complexity index is 581. The van der Waals surface area contributed by atoms with Crippen molar-refractivity contribution in [2.75, 3.05) is 0 Å². The SMILES string of the molecule is C=CCCc1ccc(C2CCC(C3CCC(C=C(F)F)CC3)CC2)cc1. The van der Waals surface area contributed by atoms with Crippen LogP contribution in [0.25, 0.3) is 0 Å². The highest BCUT2D eigenvalue weighted by atomic mass is 19.3. The van der Waals surface area contributed by atoms with Crippen LogP contribution in [0.1, 0.15) is 74.8 Å². The van der Waals surface area contributed by atoms with Gasteiger partial charge in [-0.3, -0.25) is 0 Å². The minimum atomic E-state index is -1.50. The molecule has 3 rings (SSSR count). The van der Waals surface area contributed by atoms with E-state index in [9.17, 15) is 8.78 Å². The largest absolute Gasteiger partial charge is 0.266 e. The van der Waals surface area contributed by atoms with Gasteiger partial charge in [-0.2, -0.15) is 8.78 Å². The maximum atomic E-state index is 12.4. The molecule has 1 aromatic rings. The van der Waals surface area contributed by atoms with Gasteiger partial charge in [0.2, 0.25) is 0 Å². The molecule has 0 aromatic heterocycles. The molecule has 2 fully saturated rings. The van der Waals surface area contributed by atoms with E-state index in [1.54, 1.807) is 0 Å². The van der Waals surface area contributed by atoms with Crippen LogP contribution in [0.2, 0.25) is 0 Å². The van der Waals surface area contributed by atoms with Crippen LogP contribution in [0.15, 0.2) is 49.1 Å². The van der Waals surface area contributed by atoms with Gasteiger partial charge in [-0.25, -0.2) is 0 Å². The Morgan fingerprint density at radius 3 is 2.00 bits per heavy atom. The van der Waals surface area contributed by atoms with Crippen molar-refractivity contribution < 1.29 is 8.78 Å². The van der Waals surface area contributed by atoms with Crippen LogP contribution in [0.3, 0.4) is 0 Å². The monoisotopic (exact) mass is 358 g/mol. The molecule has 0 atom stereocenters. The fourth-order valence-corrected chi connectivity index (χ4v) is 5.11. The lowest BCUT2D eigenvalue weighted by atomic mass is 9.68. The molecule has 2 aliphatic rings. The van der Waals surface area contributed by atoms with Crippen molar-refractivity contribution in [2.24, 2.45) is 17.8 Å². The molecule has 0 N–H and O–H groups in total. The summed E-state index contributed by atoms with van der Waals surface area (Å²) >= 11 is 0. The smallest absolute Gasteiger partial charge is 0.174 e. The normalized spacial score (nSPS) is 29.2. The number of hydrogen-bond acceptors (Lipinski definition) is 0. The van der Waals surface area contributed by atoms with Crippen LogP contribution in [0.5, 0.6) is 0 Å². The zero-order chi connectivity index (χ0) is 18.4. The number of rotatable bonds is 6. The second kappa shape index (κ2) is 9.48. The third-order valence-corrected chi connectivity index (χ3v) is 6.70. The highest BCUT2D eigenvalue weighted by molar-refractivity contribution is 5.26. The molecule has 26 heavy (non-hydrogen) atoms. The van der Waals surface area contributed by atoms with Crippen LogP contribution in [0.4, 0.5) is 8.78 Å². The quantitative estimate of drug-likeness (QED) is 0.458. The summed E-state index contributed by atoms with van der Waals surface area (Å²) in [5.41, 5.74) is 2.90. The Morgan fingerprint density at radius 2 is 1.46 bits per heavy atom. The third kappa shape index (κ3) is 5.28. The van der Waals surface area contributed by atoms with Crippen molar-refractivity contribution in [1.29, 1.82) is 0 Å². The van der Waals surface area contributed by atoms with Gasteiger partial charge >= 0.3 is 0 Å². The Balaban J connectivity index is 1.46. The standard InChI is InChI=1S/C24H32F2/c1-2-3-4-18-5-9-20(10-6-18)22-13-15-23(16-14-22)21-11-7-19(8-12-21)17-24(25)26/h2,5-6,9-10,17,19,21-23H,1,3-4,7-8,11-16H2. The summed E-state index contributed by atoms with van der Waals surface area (Å²) < 4.78 is 24.8. The second-order valence-corrected chi connectivity index (χ2v) is 8.31. The summed E-state index contributed by atoms with van der Waals surface area (Å²) in [7, 11) is 0. The van der Waals surface area contributed by atoms with E-state index in [2.05, 4.69) is 30.8 Å². The van der Waals surface area contributed by atoms with E-state index >= 15 is 0 Å². The molecule has 2 aliphatic carbocycles. The molecule has 2 heteroatoms. The van der Waals surface area contributed by atoms with Crippen molar-refractivity contribution in [3.8, 4) is 0 Å². The van der Waals surface area contributed by atoms with Gasteiger partial charge in [0.25, 0.3) is 6.08 Å². The maximum Gasteiger partial charge on any atom is 0.266 e. The van der Waals surface area contributed by atoms with Crippen LogP contribution in [-0.4, -0.2) is 0 Å². The first kappa shape index (κ1) is 19.3. The predicted octanol–water partition coefficient (Wildman–Crippen LogP) is 7.67. The van der Waals surface area contributed by atoms with Crippen LogP contribution >= 0.6 is 0 Å². The van der Waals surface area contributed by atoms with E-state index in [4.69, 9.17) is 0 Å². The lowest BCUT2D eigenvalue weighted by Crippen LogP contribution is -2.25. The lowest BCUT2D eigenvalue weighted by Gasteiger charge is -2.37. The number of halogens is 2. The molecule has 2 saturated carbocycles. The van der Waals surface area contributed by atoms with Gasteiger partial charge < -0.3 is 0 Å². The number of allylic oxidation sites excluding steroid dienone is 2. The lowest BCUT2D eigenvalue weighted by molar-refractivity contribution is 0.170. The minimum absolute atomic E-state index is 0.118. The van der Waals surface area contributed by atoms with Gasteiger partial charge in [-0.1, -0.05) is 30.3 Å². The molecule has 0 unspecified atom stereocenters. The highest BCUT2D eigenvalue weighted by Crippen LogP contribution is 2.44. The first-order valence-electron chi connectivity index (χ1n) is 10.4. The van der Waals surface area contributed by atoms with Crippen molar-refractivity contribution in [2.45, 2.75) is 70.1 Å². The number of benzene rings is 1. The van der Waals surface area contributed by atoms with E-state index in [-0.39, 0.29) is 5.92 Å². The fourth-order valence-electron chi connectivity index (χ4n) is 5.11. The molecule has 0 bridgehead atoms. The van der Waals surface area contributed by atoms with Gasteiger partial charge in [-0.05, 0) is 105 Å². The second-order valence-electron chi connectivity index (χ2n) is 8.31. The molecule has 0 amide bonds. The summed E-state index contributed by atoms with van der Waals surface area (Å²) in [5, 5.41) is 0. The van der Waals surface area contributed by atoms with Crippen molar-refractivity contribution in [3.05, 3.63) is 60.2 Å². The number of aryl methyl sites for hydroxylation is 1. The summed E-state index contributed by atoms with van der Waals surface area (Å²) in [6, 6.07) is 9.21. The summed E-state index contributed by atoms with van der Waals surface area (Å²) in [5.74, 6) is 2.41. The maximum absolute atomic E-state index is 12.4. The minimum Gasteiger partial charge on any atom is -0.174 e. The van der Waals surface area contributed by atoms with Crippen LogP contribution < -0.4 is 0 Å². The average Bonchev–Trinajstić information content (AvgIpc) is 2.67. The van der Waals surface area contributed by atoms with Crippen LogP contribution in [-0.2, 0) is 6.42 Å². The molecule has 0 spiro atoms. The Hall–Kier alpha value is -1.44. The van der Waals surface area contributed by atoms with Crippen molar-refractivity contribution in [1.82, 2.24) is 0 Å². The zero-order valence-corrected chi connectivity index (χ0v) is 15.8. The van der Waals surface area contributed by atoms with E-state index in [1.165, 1.54) is 42.9 Å². The third-order valence-electron chi connectivity index (χ3n) is 6.70. The first-order valence-corrected chi connectivity index (χ1v) is 10.4. The summed E-state index contributed by atoms with van der Waals surface area (Å²) in [6.45, 7) is 3.79. The Kier molecular flexibility index (Phi) is 7.05. The summed E-state index contributed by atoms with van der Waals surface area (Å²) in [4.78, 5) is 0. The highest BCUT2D eigenvalue weighted by Gasteiger charge is 2.31. The van der Waals surface area contributed by atoms with Gasteiger partial charge in [0.05, 0.1) is 0 Å². The fraction of sp³-hybridized carbons (Fsp3) is 0.583. The summed E-state index contributed by atoms with van der Waals surface area (Å²) in [6.07, 6.45) is 13.2. The van der Waals surface area contributed by atoms with Crippen molar-refractivity contribution >= 4 is 0 Å². The molecular weight excluding hydrogens is 326 g/mol. The molecule has 0 aliphatic heterocycles. The van der Waals surface area contributed by atoms with Crippen LogP contribution in [0, 0.1) is 17.8 Å². The van der Waals surface area contributed by atoms with E-state index in [0.717, 1.165) is 50.4 Å². The Labute approximate surface area is 157 Å². The predicted molar refractivity (Wildman–Crippen MR) is 105 cm³/mol. The molecule has 142 valence electrons. The Morgan fingerprint density at radius 1 is 0.885 bits per heavy atom. The molecule has 0 nitrogen and oxygen atoms in total. The van der Waals surface area contributed by atoms with Gasteiger partial charge in [0, 0.05) is 0 Å². The van der Waals surface area contributed by atoms with E-state index in [1.807, 2.05) is 6.08 Å². The van der Waals surface area contributed by atoms with Crippen molar-refractivity contribution in [3.63, 3.8) is 0 Å². The zero-order valence-electron chi connectivity index (χ0n) is 15.8. The first-order chi connectivity index (χ1) is 12.7. The molecule has 0 heterocycles. The van der Waals surface area contributed by atoms with Gasteiger partial charge in [0.15, 0.2) is 0 Å². The molecule has 0 saturated heterocycles. The average molecular weight is 359 g/mol. The van der Waals surface area contributed by atoms with E-state index < -0.39 is 6.08 Å². The molecule has 0 radical (unpaired) electrons.